The van der Waals surface area contributed by atoms with Crippen molar-refractivity contribution in [2.75, 3.05) is 5.73 Å². The lowest BCUT2D eigenvalue weighted by molar-refractivity contribution is 0.523. The smallest absolute Gasteiger partial charge is 0.201 e. The predicted octanol–water partition coefficient (Wildman–Crippen LogP) is 3.13. The highest BCUT2D eigenvalue weighted by atomic mass is 127. The van der Waals surface area contributed by atoms with Crippen molar-refractivity contribution in [3.63, 3.8) is 0 Å². The number of anilines is 1. The Morgan fingerprint density at radius 2 is 2.00 bits per heavy atom. The van der Waals surface area contributed by atoms with Crippen LogP contribution in [0.4, 0.5) is 5.95 Å². The first kappa shape index (κ1) is 14.4. The summed E-state index contributed by atoms with van der Waals surface area (Å²) in [4.78, 5) is 4.43. The van der Waals surface area contributed by atoms with Crippen LogP contribution in [0.15, 0.2) is 24.3 Å². The van der Waals surface area contributed by atoms with E-state index in [2.05, 4.69) is 68.4 Å². The summed E-state index contributed by atoms with van der Waals surface area (Å²) in [6, 6.07) is 8.33. The van der Waals surface area contributed by atoms with Crippen LogP contribution in [0.1, 0.15) is 17.8 Å². The number of hydrogen-bond acceptors (Lipinski definition) is 3. The molecule has 3 rings (SSSR count). The van der Waals surface area contributed by atoms with Gasteiger partial charge >= 0.3 is 0 Å². The van der Waals surface area contributed by atoms with E-state index in [9.17, 15) is 0 Å². The molecular weight excluding hydrogens is 377 g/mol. The van der Waals surface area contributed by atoms with E-state index in [-0.39, 0.29) is 0 Å². The van der Waals surface area contributed by atoms with Crippen molar-refractivity contribution in [2.24, 2.45) is 0 Å². The van der Waals surface area contributed by atoms with E-state index < -0.39 is 0 Å². The van der Waals surface area contributed by atoms with Crippen molar-refractivity contribution in [3.8, 4) is 0 Å². The van der Waals surface area contributed by atoms with Gasteiger partial charge in [-0.3, -0.25) is 4.68 Å². The molecule has 0 saturated heterocycles. The minimum atomic E-state index is 0.584. The Morgan fingerprint density at radius 1 is 1.19 bits per heavy atom. The topological polar surface area (TPSA) is 61.7 Å². The second-order valence-electron chi connectivity index (χ2n) is 5.26. The van der Waals surface area contributed by atoms with E-state index >= 15 is 0 Å². The number of hydrogen-bond donors (Lipinski definition) is 1. The van der Waals surface area contributed by atoms with Crippen molar-refractivity contribution in [1.29, 1.82) is 0 Å². The van der Waals surface area contributed by atoms with Crippen LogP contribution in [0.25, 0.3) is 11.0 Å². The summed E-state index contributed by atoms with van der Waals surface area (Å²) in [6.07, 6.45) is 0.976. The number of benzene rings is 1. The van der Waals surface area contributed by atoms with Crippen LogP contribution in [-0.4, -0.2) is 19.3 Å². The Hall–Kier alpha value is -1.57. The van der Waals surface area contributed by atoms with Gasteiger partial charge in [0, 0.05) is 22.4 Å². The molecule has 2 N–H and O–H groups in total. The SMILES string of the molecule is Cc1cc(C)n(CCCn2c(N)nc3cc(I)ccc32)n1. The third kappa shape index (κ3) is 2.90. The van der Waals surface area contributed by atoms with Crippen LogP contribution < -0.4 is 5.73 Å². The summed E-state index contributed by atoms with van der Waals surface area (Å²) in [5.74, 6) is 0.584. The van der Waals surface area contributed by atoms with Gasteiger partial charge in [0.1, 0.15) is 0 Å². The number of nitrogens with two attached hydrogens (primary N) is 1. The normalized spacial score (nSPS) is 11.4. The third-order valence-electron chi connectivity index (χ3n) is 3.59. The fraction of sp³-hybridized carbons (Fsp3) is 0.333. The molecule has 0 spiro atoms. The van der Waals surface area contributed by atoms with Gasteiger partial charge in [-0.15, -0.1) is 0 Å². The molecule has 0 radical (unpaired) electrons. The van der Waals surface area contributed by atoms with E-state index in [1.807, 2.05) is 11.6 Å². The van der Waals surface area contributed by atoms with Crippen LogP contribution in [0.5, 0.6) is 0 Å². The quantitative estimate of drug-likeness (QED) is 0.691. The fourth-order valence-corrected chi connectivity index (χ4v) is 3.11. The molecule has 21 heavy (non-hydrogen) atoms. The second kappa shape index (κ2) is 5.67. The maximum absolute atomic E-state index is 6.04. The highest BCUT2D eigenvalue weighted by Gasteiger charge is 2.08. The largest absolute Gasteiger partial charge is 0.369 e. The van der Waals surface area contributed by atoms with Gasteiger partial charge < -0.3 is 10.3 Å². The monoisotopic (exact) mass is 395 g/mol. The molecule has 2 heterocycles. The highest BCUT2D eigenvalue weighted by molar-refractivity contribution is 14.1. The van der Waals surface area contributed by atoms with Gasteiger partial charge in [0.25, 0.3) is 0 Å². The maximum atomic E-state index is 6.04. The third-order valence-corrected chi connectivity index (χ3v) is 4.27. The molecule has 0 amide bonds. The number of imidazole rings is 1. The molecule has 0 aliphatic carbocycles. The van der Waals surface area contributed by atoms with Crippen LogP contribution in [0.2, 0.25) is 0 Å². The summed E-state index contributed by atoms with van der Waals surface area (Å²) in [6.45, 7) is 5.85. The van der Waals surface area contributed by atoms with Crippen LogP contribution in [-0.2, 0) is 13.1 Å². The van der Waals surface area contributed by atoms with E-state index in [0.717, 1.165) is 36.2 Å². The summed E-state index contributed by atoms with van der Waals surface area (Å²) < 4.78 is 5.30. The molecule has 3 aromatic rings. The van der Waals surface area contributed by atoms with Crippen molar-refractivity contribution >= 4 is 39.6 Å². The number of aryl methyl sites for hydroxylation is 4. The molecule has 5 nitrogen and oxygen atoms in total. The molecule has 0 bridgehead atoms. The number of fused-ring (bicyclic) bond motifs is 1. The molecule has 0 unspecified atom stereocenters. The summed E-state index contributed by atoms with van der Waals surface area (Å²) >= 11 is 2.29. The van der Waals surface area contributed by atoms with Crippen LogP contribution in [0.3, 0.4) is 0 Å². The number of halogens is 1. The van der Waals surface area contributed by atoms with Gasteiger partial charge in [0.05, 0.1) is 16.7 Å². The molecule has 1 aromatic carbocycles. The van der Waals surface area contributed by atoms with Gasteiger partial charge in [-0.05, 0) is 67.1 Å². The number of nitrogen functional groups attached to an aromatic ring is 1. The second-order valence-corrected chi connectivity index (χ2v) is 6.50. The molecular formula is C15H18IN5. The lowest BCUT2D eigenvalue weighted by Gasteiger charge is -2.08. The molecule has 0 aliphatic rings. The van der Waals surface area contributed by atoms with Crippen molar-refractivity contribution < 1.29 is 0 Å². The summed E-state index contributed by atoms with van der Waals surface area (Å²) in [5, 5.41) is 4.48. The predicted molar refractivity (Wildman–Crippen MR) is 93.2 cm³/mol. The molecule has 2 aromatic heterocycles. The van der Waals surface area contributed by atoms with Crippen molar-refractivity contribution in [2.45, 2.75) is 33.4 Å². The Labute approximate surface area is 137 Å². The number of aromatic nitrogens is 4. The first-order chi connectivity index (χ1) is 10.0. The van der Waals surface area contributed by atoms with Crippen LogP contribution >= 0.6 is 22.6 Å². The van der Waals surface area contributed by atoms with Gasteiger partial charge in [0.15, 0.2) is 0 Å². The minimum absolute atomic E-state index is 0.584. The molecule has 0 fully saturated rings. The number of nitrogens with zero attached hydrogens (tertiary/aromatic N) is 4. The van der Waals surface area contributed by atoms with E-state index in [4.69, 9.17) is 5.73 Å². The van der Waals surface area contributed by atoms with Crippen molar-refractivity contribution in [3.05, 3.63) is 39.2 Å². The van der Waals surface area contributed by atoms with E-state index in [1.165, 1.54) is 9.26 Å². The molecule has 0 atom stereocenters. The van der Waals surface area contributed by atoms with E-state index in [0.29, 0.717) is 5.95 Å². The standard InChI is InChI=1S/C15H18IN5/c1-10-8-11(2)21(19-10)7-3-6-20-14-5-4-12(16)9-13(14)18-15(20)17/h4-5,8-9H,3,6-7H2,1-2H3,(H2,17,18). The average molecular weight is 395 g/mol. The zero-order chi connectivity index (χ0) is 15.0. The Morgan fingerprint density at radius 3 is 2.71 bits per heavy atom. The zero-order valence-corrected chi connectivity index (χ0v) is 14.3. The Bertz CT molecular complexity index is 787. The molecule has 6 heteroatoms. The molecule has 0 aliphatic heterocycles. The molecule has 0 saturated carbocycles. The van der Waals surface area contributed by atoms with Gasteiger partial charge in [-0.2, -0.15) is 5.10 Å². The zero-order valence-electron chi connectivity index (χ0n) is 12.2. The molecule has 110 valence electrons. The number of rotatable bonds is 4. The van der Waals surface area contributed by atoms with Crippen LogP contribution in [0, 0.1) is 17.4 Å². The Kier molecular flexibility index (Phi) is 3.88. The highest BCUT2D eigenvalue weighted by Crippen LogP contribution is 2.20. The van der Waals surface area contributed by atoms with E-state index in [1.54, 1.807) is 0 Å². The lowest BCUT2D eigenvalue weighted by atomic mass is 10.3. The summed E-state index contributed by atoms with van der Waals surface area (Å²) in [5.41, 5.74) is 10.4. The fourth-order valence-electron chi connectivity index (χ4n) is 2.64. The first-order valence-corrected chi connectivity index (χ1v) is 8.05. The van der Waals surface area contributed by atoms with Gasteiger partial charge in [-0.25, -0.2) is 4.98 Å². The minimum Gasteiger partial charge on any atom is -0.369 e. The van der Waals surface area contributed by atoms with Gasteiger partial charge in [0.2, 0.25) is 5.95 Å². The first-order valence-electron chi connectivity index (χ1n) is 6.97. The van der Waals surface area contributed by atoms with Gasteiger partial charge in [-0.1, -0.05) is 0 Å². The Balaban J connectivity index is 1.76. The summed E-state index contributed by atoms with van der Waals surface area (Å²) in [7, 11) is 0. The maximum Gasteiger partial charge on any atom is 0.201 e. The van der Waals surface area contributed by atoms with Crippen molar-refractivity contribution in [1.82, 2.24) is 19.3 Å². The average Bonchev–Trinajstić information content (AvgIpc) is 2.89. The lowest BCUT2D eigenvalue weighted by Crippen LogP contribution is -2.08.